The minimum Gasteiger partial charge on any atom is -0.355 e. The second kappa shape index (κ2) is 5.56. The maximum atomic E-state index is 10.6. The zero-order chi connectivity index (χ0) is 7.11. The average molecular weight is 129 g/mol. The number of nitrogens with one attached hydrogen (secondary N) is 1. The van der Waals surface area contributed by atoms with Gasteiger partial charge in [-0.05, 0) is 6.42 Å². The van der Waals surface area contributed by atoms with Gasteiger partial charge in [-0.15, -0.1) is 0 Å². The van der Waals surface area contributed by atoms with Crippen LogP contribution in [0.4, 0.5) is 0 Å². The molecule has 0 saturated carbocycles. The summed E-state index contributed by atoms with van der Waals surface area (Å²) in [4.78, 5) is 10.6. The SMILES string of the molecule is [CH2]CCC(=O)NCCN. The van der Waals surface area contributed by atoms with Gasteiger partial charge in [-0.2, -0.15) is 0 Å². The minimum atomic E-state index is 0.0375. The van der Waals surface area contributed by atoms with Gasteiger partial charge in [-0.3, -0.25) is 4.79 Å². The van der Waals surface area contributed by atoms with Crippen LogP contribution in [0, 0.1) is 6.92 Å². The first-order valence-electron chi connectivity index (χ1n) is 3.07. The Hall–Kier alpha value is -0.570. The van der Waals surface area contributed by atoms with Crippen LogP contribution in [0.3, 0.4) is 0 Å². The largest absolute Gasteiger partial charge is 0.355 e. The molecule has 3 nitrogen and oxygen atoms in total. The second-order valence-corrected chi connectivity index (χ2v) is 1.74. The minimum absolute atomic E-state index is 0.0375. The summed E-state index contributed by atoms with van der Waals surface area (Å²) in [6.45, 7) is 4.61. The summed E-state index contributed by atoms with van der Waals surface area (Å²) < 4.78 is 0. The highest BCUT2D eigenvalue weighted by Gasteiger charge is 1.94. The van der Waals surface area contributed by atoms with Crippen molar-refractivity contribution in [3.05, 3.63) is 6.92 Å². The number of amides is 1. The first-order valence-corrected chi connectivity index (χ1v) is 3.07. The van der Waals surface area contributed by atoms with E-state index >= 15 is 0 Å². The molecule has 0 fully saturated rings. The van der Waals surface area contributed by atoms with Gasteiger partial charge < -0.3 is 11.1 Å². The maximum absolute atomic E-state index is 10.6. The maximum Gasteiger partial charge on any atom is 0.220 e. The third kappa shape index (κ3) is 5.30. The lowest BCUT2D eigenvalue weighted by atomic mass is 10.3. The molecule has 3 heteroatoms. The van der Waals surface area contributed by atoms with E-state index in [1.165, 1.54) is 0 Å². The lowest BCUT2D eigenvalue weighted by Gasteiger charge is -1.99. The molecule has 0 aromatic heterocycles. The molecule has 1 amide bonds. The van der Waals surface area contributed by atoms with E-state index in [2.05, 4.69) is 12.2 Å². The van der Waals surface area contributed by atoms with E-state index in [0.717, 1.165) is 0 Å². The molecule has 53 valence electrons. The molecule has 9 heavy (non-hydrogen) atoms. The molecule has 0 aromatic carbocycles. The Morgan fingerprint density at radius 1 is 1.67 bits per heavy atom. The predicted octanol–water partition coefficient (Wildman–Crippen LogP) is -0.324. The van der Waals surface area contributed by atoms with E-state index in [1.807, 2.05) is 0 Å². The number of hydrogen-bond acceptors (Lipinski definition) is 2. The summed E-state index contributed by atoms with van der Waals surface area (Å²) in [6.07, 6.45) is 1.15. The van der Waals surface area contributed by atoms with Crippen molar-refractivity contribution in [2.75, 3.05) is 13.1 Å². The molecule has 0 atom stereocenters. The van der Waals surface area contributed by atoms with Crippen molar-refractivity contribution in [3.63, 3.8) is 0 Å². The Bertz CT molecular complexity index is 83.1. The van der Waals surface area contributed by atoms with Gasteiger partial charge >= 0.3 is 0 Å². The van der Waals surface area contributed by atoms with Crippen LogP contribution in [0.2, 0.25) is 0 Å². The summed E-state index contributed by atoms with van der Waals surface area (Å²) in [5.74, 6) is 0.0375. The highest BCUT2D eigenvalue weighted by atomic mass is 16.1. The quantitative estimate of drug-likeness (QED) is 0.546. The Morgan fingerprint density at radius 2 is 2.33 bits per heavy atom. The van der Waals surface area contributed by atoms with E-state index in [0.29, 0.717) is 25.9 Å². The van der Waals surface area contributed by atoms with Gasteiger partial charge in [0.2, 0.25) is 5.91 Å². The van der Waals surface area contributed by atoms with E-state index in [9.17, 15) is 4.79 Å². The molecule has 3 N–H and O–H groups in total. The molecule has 0 saturated heterocycles. The fourth-order valence-electron chi connectivity index (χ4n) is 0.461. The van der Waals surface area contributed by atoms with Crippen LogP contribution in [0.15, 0.2) is 0 Å². The molecule has 1 radical (unpaired) electrons. The van der Waals surface area contributed by atoms with Gasteiger partial charge in [0.15, 0.2) is 0 Å². The van der Waals surface area contributed by atoms with Gasteiger partial charge in [0.25, 0.3) is 0 Å². The number of carbonyl (C=O) groups excluding carboxylic acids is 1. The van der Waals surface area contributed by atoms with Crippen molar-refractivity contribution in [1.82, 2.24) is 5.32 Å². The monoisotopic (exact) mass is 129 g/mol. The van der Waals surface area contributed by atoms with Gasteiger partial charge in [-0.1, -0.05) is 6.92 Å². The highest BCUT2D eigenvalue weighted by Crippen LogP contribution is 1.82. The topological polar surface area (TPSA) is 55.1 Å². The van der Waals surface area contributed by atoms with Gasteiger partial charge in [0.05, 0.1) is 0 Å². The van der Waals surface area contributed by atoms with E-state index in [4.69, 9.17) is 5.73 Å². The van der Waals surface area contributed by atoms with Crippen LogP contribution < -0.4 is 11.1 Å². The van der Waals surface area contributed by atoms with Gasteiger partial charge in [0, 0.05) is 19.5 Å². The molecule has 0 heterocycles. The Labute approximate surface area is 55.6 Å². The predicted molar refractivity (Wildman–Crippen MR) is 36.7 cm³/mol. The average Bonchev–Trinajstić information content (AvgIpc) is 1.85. The normalized spacial score (nSPS) is 9.11. The number of carbonyl (C=O) groups is 1. The van der Waals surface area contributed by atoms with Crippen molar-refractivity contribution < 1.29 is 4.79 Å². The summed E-state index contributed by atoms with van der Waals surface area (Å²) >= 11 is 0. The van der Waals surface area contributed by atoms with E-state index < -0.39 is 0 Å². The first-order chi connectivity index (χ1) is 4.31. The molecule has 0 bridgehead atoms. The molecular weight excluding hydrogens is 116 g/mol. The summed E-state index contributed by atoms with van der Waals surface area (Å²) in [6, 6.07) is 0. The lowest BCUT2D eigenvalue weighted by Crippen LogP contribution is -2.28. The molecular formula is C6H13N2O. The standard InChI is InChI=1S/C6H13N2O/c1-2-3-6(9)8-5-4-7/h1-5,7H2,(H,8,9). The Kier molecular flexibility index (Phi) is 5.21. The fraction of sp³-hybridized carbons (Fsp3) is 0.667. The molecule has 0 aliphatic rings. The molecule has 0 aromatic rings. The van der Waals surface area contributed by atoms with Gasteiger partial charge in [-0.25, -0.2) is 0 Å². The van der Waals surface area contributed by atoms with Crippen LogP contribution in [-0.2, 0) is 4.79 Å². The fourth-order valence-corrected chi connectivity index (χ4v) is 0.461. The summed E-state index contributed by atoms with van der Waals surface area (Å²) in [7, 11) is 0. The third-order valence-electron chi connectivity index (χ3n) is 0.870. The van der Waals surface area contributed by atoms with Crippen LogP contribution >= 0.6 is 0 Å². The number of hydrogen-bond donors (Lipinski definition) is 2. The third-order valence-corrected chi connectivity index (χ3v) is 0.870. The van der Waals surface area contributed by atoms with Gasteiger partial charge in [0.1, 0.15) is 0 Å². The summed E-state index contributed by atoms with van der Waals surface area (Å²) in [5.41, 5.74) is 5.14. The Balaban J connectivity index is 3.06. The molecule has 0 unspecified atom stereocenters. The van der Waals surface area contributed by atoms with Crippen molar-refractivity contribution in [1.29, 1.82) is 0 Å². The Morgan fingerprint density at radius 3 is 2.78 bits per heavy atom. The van der Waals surface area contributed by atoms with Crippen LogP contribution in [0.5, 0.6) is 0 Å². The molecule has 0 aliphatic carbocycles. The number of rotatable bonds is 4. The summed E-state index contributed by atoms with van der Waals surface area (Å²) in [5, 5.41) is 2.63. The van der Waals surface area contributed by atoms with Crippen LogP contribution in [0.25, 0.3) is 0 Å². The van der Waals surface area contributed by atoms with Crippen molar-refractivity contribution in [2.45, 2.75) is 12.8 Å². The molecule has 0 spiro atoms. The van der Waals surface area contributed by atoms with E-state index in [1.54, 1.807) is 0 Å². The number of nitrogens with two attached hydrogens (primary N) is 1. The van der Waals surface area contributed by atoms with Crippen molar-refractivity contribution in [3.8, 4) is 0 Å². The second-order valence-electron chi connectivity index (χ2n) is 1.74. The molecule has 0 aliphatic heterocycles. The zero-order valence-corrected chi connectivity index (χ0v) is 5.52. The molecule has 0 rings (SSSR count). The smallest absolute Gasteiger partial charge is 0.220 e. The first kappa shape index (κ1) is 8.43. The van der Waals surface area contributed by atoms with E-state index in [-0.39, 0.29) is 5.91 Å². The van der Waals surface area contributed by atoms with Crippen LogP contribution in [0.1, 0.15) is 12.8 Å². The lowest BCUT2D eigenvalue weighted by molar-refractivity contribution is -0.120. The van der Waals surface area contributed by atoms with Crippen molar-refractivity contribution >= 4 is 5.91 Å². The zero-order valence-electron chi connectivity index (χ0n) is 5.52. The van der Waals surface area contributed by atoms with Crippen LogP contribution in [-0.4, -0.2) is 19.0 Å². The highest BCUT2D eigenvalue weighted by molar-refractivity contribution is 5.75. The van der Waals surface area contributed by atoms with Crippen molar-refractivity contribution in [2.24, 2.45) is 5.73 Å².